The van der Waals surface area contributed by atoms with E-state index >= 15 is 0 Å². The Morgan fingerprint density at radius 2 is 1.73 bits per heavy atom. The minimum Gasteiger partial charge on any atom is -0.378 e. The lowest BCUT2D eigenvalue weighted by atomic mass is 10.0. The molecule has 1 aromatic heterocycles. The van der Waals surface area contributed by atoms with Gasteiger partial charge in [-0.15, -0.1) is 0 Å². The number of aryl methyl sites for hydroxylation is 1. The quantitative estimate of drug-likeness (QED) is 0.429. The van der Waals surface area contributed by atoms with E-state index in [1.54, 1.807) is 0 Å². The zero-order valence-electron chi connectivity index (χ0n) is 19.2. The van der Waals surface area contributed by atoms with Crippen LogP contribution in [-0.4, -0.2) is 29.6 Å². The molecule has 166 valence electrons. The highest BCUT2D eigenvalue weighted by Crippen LogP contribution is 2.37. The first kappa shape index (κ1) is 20.9. The molecule has 33 heavy (non-hydrogen) atoms. The fourth-order valence-electron chi connectivity index (χ4n) is 4.56. The van der Waals surface area contributed by atoms with Crippen molar-refractivity contribution in [3.63, 3.8) is 0 Å². The van der Waals surface area contributed by atoms with E-state index in [1.807, 2.05) is 62.3 Å². The molecule has 0 saturated heterocycles. The molecule has 2 heterocycles. The smallest absolute Gasteiger partial charge is 0.322 e. The maximum absolute atomic E-state index is 13.7. The molecule has 0 unspecified atom stereocenters. The van der Waals surface area contributed by atoms with Crippen LogP contribution in [0.1, 0.15) is 28.4 Å². The molecule has 1 aliphatic rings. The molecule has 3 aromatic carbocycles. The van der Waals surface area contributed by atoms with Crippen molar-refractivity contribution < 1.29 is 4.79 Å². The molecule has 4 aromatic rings. The lowest BCUT2D eigenvalue weighted by Crippen LogP contribution is -2.37. The number of para-hydroxylation sites is 1. The molecule has 5 rings (SSSR count). The summed E-state index contributed by atoms with van der Waals surface area (Å²) in [7, 11) is 4.06. The standard InChI is InChI=1S/C28H28N4O/c1-20-8-6-10-23(18-20)29-28(33)32-19-22-9-4-5-11-25(22)31-17-7-12-26(31)27(32)21-13-15-24(16-14-21)30(2)3/h4-18,27H,19H2,1-3H3,(H,29,33)/t27-/m1/s1. The first-order valence-electron chi connectivity index (χ1n) is 11.2. The van der Waals surface area contributed by atoms with E-state index in [4.69, 9.17) is 0 Å². The van der Waals surface area contributed by atoms with Gasteiger partial charge >= 0.3 is 6.03 Å². The molecule has 0 radical (unpaired) electrons. The van der Waals surface area contributed by atoms with E-state index < -0.39 is 0 Å². The molecule has 5 nitrogen and oxygen atoms in total. The average molecular weight is 437 g/mol. The number of nitrogens with zero attached hydrogens (tertiary/aromatic N) is 3. The van der Waals surface area contributed by atoms with Crippen LogP contribution < -0.4 is 10.2 Å². The second-order valence-corrected chi connectivity index (χ2v) is 8.75. The zero-order chi connectivity index (χ0) is 22.9. The van der Waals surface area contributed by atoms with Crippen molar-refractivity contribution in [1.82, 2.24) is 9.47 Å². The van der Waals surface area contributed by atoms with Crippen LogP contribution in [0.25, 0.3) is 5.69 Å². The number of amides is 2. The summed E-state index contributed by atoms with van der Waals surface area (Å²) in [4.78, 5) is 17.7. The van der Waals surface area contributed by atoms with Crippen LogP contribution >= 0.6 is 0 Å². The van der Waals surface area contributed by atoms with E-state index in [-0.39, 0.29) is 12.1 Å². The minimum atomic E-state index is -0.228. The number of carbonyl (C=O) groups excluding carboxylic acids is 1. The van der Waals surface area contributed by atoms with E-state index in [1.165, 1.54) is 0 Å². The third kappa shape index (κ3) is 3.98. The van der Waals surface area contributed by atoms with Crippen molar-refractivity contribution >= 4 is 17.4 Å². The Hall–Kier alpha value is -3.99. The van der Waals surface area contributed by atoms with Crippen LogP contribution in [0.3, 0.4) is 0 Å². The molecule has 0 spiro atoms. The largest absolute Gasteiger partial charge is 0.378 e. The van der Waals surface area contributed by atoms with Gasteiger partial charge in [-0.05, 0) is 66.1 Å². The van der Waals surface area contributed by atoms with Crippen LogP contribution in [0.5, 0.6) is 0 Å². The van der Waals surface area contributed by atoms with Gasteiger partial charge in [0.15, 0.2) is 0 Å². The number of carbonyl (C=O) groups is 1. The summed E-state index contributed by atoms with van der Waals surface area (Å²) in [5.41, 5.74) is 7.40. The SMILES string of the molecule is Cc1cccc(NC(=O)N2Cc3ccccc3-n3cccc3[C@H]2c2ccc(N(C)C)cc2)c1. The number of fused-ring (bicyclic) bond motifs is 3. The highest BCUT2D eigenvalue weighted by atomic mass is 16.2. The number of hydrogen-bond donors (Lipinski definition) is 1. The van der Waals surface area contributed by atoms with Crippen LogP contribution in [0, 0.1) is 6.92 Å². The van der Waals surface area contributed by atoms with E-state index in [0.29, 0.717) is 6.54 Å². The molecular formula is C28H28N4O. The van der Waals surface area contributed by atoms with Gasteiger partial charge in [0.25, 0.3) is 0 Å². The summed E-state index contributed by atoms with van der Waals surface area (Å²) in [6, 6.07) is 28.5. The molecule has 1 N–H and O–H groups in total. The van der Waals surface area contributed by atoms with Crippen molar-refractivity contribution in [3.05, 3.63) is 114 Å². The van der Waals surface area contributed by atoms with Gasteiger partial charge in [0, 0.05) is 37.4 Å². The van der Waals surface area contributed by atoms with Gasteiger partial charge in [0.05, 0.1) is 18.3 Å². The molecular weight excluding hydrogens is 408 g/mol. The predicted molar refractivity (Wildman–Crippen MR) is 134 cm³/mol. The molecule has 0 aliphatic carbocycles. The first-order valence-corrected chi connectivity index (χ1v) is 11.2. The topological polar surface area (TPSA) is 40.5 Å². The van der Waals surface area contributed by atoms with E-state index in [0.717, 1.165) is 39.4 Å². The number of hydrogen-bond acceptors (Lipinski definition) is 2. The molecule has 0 bridgehead atoms. The van der Waals surface area contributed by atoms with Crippen LogP contribution in [0.15, 0.2) is 91.1 Å². The number of nitrogens with one attached hydrogen (secondary N) is 1. The second-order valence-electron chi connectivity index (χ2n) is 8.75. The van der Waals surface area contributed by atoms with Crippen molar-refractivity contribution in [2.45, 2.75) is 19.5 Å². The highest BCUT2D eigenvalue weighted by Gasteiger charge is 2.33. The molecule has 5 heteroatoms. The van der Waals surface area contributed by atoms with Crippen molar-refractivity contribution in [1.29, 1.82) is 0 Å². The molecule has 0 saturated carbocycles. The number of benzene rings is 3. The third-order valence-electron chi connectivity index (χ3n) is 6.22. The maximum Gasteiger partial charge on any atom is 0.322 e. The normalized spacial score (nSPS) is 14.8. The Morgan fingerprint density at radius 3 is 2.48 bits per heavy atom. The lowest BCUT2D eigenvalue weighted by molar-refractivity contribution is 0.194. The summed E-state index contributed by atoms with van der Waals surface area (Å²) in [5.74, 6) is 0. The van der Waals surface area contributed by atoms with Gasteiger partial charge in [0.1, 0.15) is 0 Å². The fraction of sp³-hybridized carbons (Fsp3) is 0.179. The second kappa shape index (κ2) is 8.51. The number of anilines is 2. The molecule has 1 atom stereocenters. The Bertz CT molecular complexity index is 1290. The summed E-state index contributed by atoms with van der Waals surface area (Å²) in [6.45, 7) is 2.54. The average Bonchev–Trinajstić information content (AvgIpc) is 3.23. The Labute approximate surface area is 194 Å². The lowest BCUT2D eigenvalue weighted by Gasteiger charge is -2.31. The third-order valence-corrected chi connectivity index (χ3v) is 6.22. The van der Waals surface area contributed by atoms with Gasteiger partial charge in [-0.2, -0.15) is 0 Å². The summed E-state index contributed by atoms with van der Waals surface area (Å²) >= 11 is 0. The van der Waals surface area contributed by atoms with Gasteiger partial charge in [-0.3, -0.25) is 0 Å². The van der Waals surface area contributed by atoms with Crippen molar-refractivity contribution in [3.8, 4) is 5.69 Å². The zero-order valence-corrected chi connectivity index (χ0v) is 19.2. The van der Waals surface area contributed by atoms with Gasteiger partial charge in [0.2, 0.25) is 0 Å². The van der Waals surface area contributed by atoms with E-state index in [2.05, 4.69) is 69.5 Å². The molecule has 1 aliphatic heterocycles. The van der Waals surface area contributed by atoms with E-state index in [9.17, 15) is 4.79 Å². The molecule has 2 amide bonds. The minimum absolute atomic E-state index is 0.119. The van der Waals surface area contributed by atoms with Gasteiger partial charge in [-0.25, -0.2) is 4.79 Å². The summed E-state index contributed by atoms with van der Waals surface area (Å²) < 4.78 is 2.21. The predicted octanol–water partition coefficient (Wildman–Crippen LogP) is 5.99. The first-order chi connectivity index (χ1) is 16.0. The van der Waals surface area contributed by atoms with Crippen LogP contribution in [0.2, 0.25) is 0 Å². The van der Waals surface area contributed by atoms with Crippen molar-refractivity contribution in [2.24, 2.45) is 0 Å². The highest BCUT2D eigenvalue weighted by molar-refractivity contribution is 5.90. The van der Waals surface area contributed by atoms with Crippen molar-refractivity contribution in [2.75, 3.05) is 24.3 Å². The Balaban J connectivity index is 1.61. The summed E-state index contributed by atoms with van der Waals surface area (Å²) in [5, 5.41) is 3.13. The number of urea groups is 1. The van der Waals surface area contributed by atoms with Crippen LogP contribution in [0.4, 0.5) is 16.2 Å². The van der Waals surface area contributed by atoms with Gasteiger partial charge in [-0.1, -0.05) is 42.5 Å². The monoisotopic (exact) mass is 436 g/mol. The fourth-order valence-corrected chi connectivity index (χ4v) is 4.56. The van der Waals surface area contributed by atoms with Crippen LogP contribution in [-0.2, 0) is 6.54 Å². The number of rotatable bonds is 3. The van der Waals surface area contributed by atoms with Gasteiger partial charge < -0.3 is 19.7 Å². The Morgan fingerprint density at radius 1 is 0.939 bits per heavy atom. The summed E-state index contributed by atoms with van der Waals surface area (Å²) in [6.07, 6.45) is 2.08. The molecule has 0 fully saturated rings. The number of aromatic nitrogens is 1. The Kier molecular flexibility index (Phi) is 5.38. The maximum atomic E-state index is 13.7.